The molecule has 3 rings (SSSR count). The summed E-state index contributed by atoms with van der Waals surface area (Å²) in [7, 11) is 2.68. The second-order valence-corrected chi connectivity index (χ2v) is 6.70. The van der Waals surface area contributed by atoms with Crippen LogP contribution in [-0.4, -0.2) is 56.0 Å². The highest BCUT2D eigenvalue weighted by Crippen LogP contribution is 2.28. The summed E-state index contributed by atoms with van der Waals surface area (Å²) in [5, 5.41) is 10.8. The Bertz CT molecular complexity index is 752. The van der Waals surface area contributed by atoms with Crippen molar-refractivity contribution in [3.63, 3.8) is 0 Å². The molecule has 1 saturated heterocycles. The summed E-state index contributed by atoms with van der Waals surface area (Å²) in [6, 6.07) is 19.1. The number of ether oxygens (including phenoxy) is 5. The van der Waals surface area contributed by atoms with E-state index in [1.54, 1.807) is 0 Å². The van der Waals surface area contributed by atoms with Gasteiger partial charge in [0.25, 0.3) is 0 Å². The van der Waals surface area contributed by atoms with Crippen LogP contribution in [0.3, 0.4) is 0 Å². The van der Waals surface area contributed by atoms with E-state index in [0.717, 1.165) is 11.1 Å². The molecule has 2 aromatic carbocycles. The largest absolute Gasteiger partial charge is 0.467 e. The van der Waals surface area contributed by atoms with Gasteiger partial charge in [-0.1, -0.05) is 60.7 Å². The monoisotopic (exact) mass is 402 g/mol. The van der Waals surface area contributed by atoms with Gasteiger partial charge in [0, 0.05) is 7.11 Å². The fourth-order valence-corrected chi connectivity index (χ4v) is 3.22. The number of benzene rings is 2. The Balaban J connectivity index is 1.78. The zero-order chi connectivity index (χ0) is 20.6. The molecule has 7 nitrogen and oxygen atoms in total. The van der Waals surface area contributed by atoms with Crippen molar-refractivity contribution in [3.05, 3.63) is 71.8 Å². The molecule has 1 aliphatic heterocycles. The first-order valence-corrected chi connectivity index (χ1v) is 9.39. The van der Waals surface area contributed by atoms with Gasteiger partial charge in [-0.05, 0) is 11.1 Å². The van der Waals surface area contributed by atoms with Crippen molar-refractivity contribution in [1.29, 1.82) is 0 Å². The van der Waals surface area contributed by atoms with Gasteiger partial charge < -0.3 is 28.8 Å². The number of hydrogen-bond donors (Lipinski definition) is 1. The number of carbonyl (C=O) groups is 1. The topological polar surface area (TPSA) is 83.5 Å². The lowest BCUT2D eigenvalue weighted by Crippen LogP contribution is -2.61. The number of hydrogen-bond acceptors (Lipinski definition) is 7. The van der Waals surface area contributed by atoms with Crippen LogP contribution >= 0.6 is 0 Å². The van der Waals surface area contributed by atoms with Crippen molar-refractivity contribution in [2.45, 2.75) is 43.9 Å². The van der Waals surface area contributed by atoms with Crippen LogP contribution in [0.25, 0.3) is 0 Å². The van der Waals surface area contributed by atoms with E-state index in [1.807, 2.05) is 60.7 Å². The zero-order valence-corrected chi connectivity index (χ0v) is 16.5. The van der Waals surface area contributed by atoms with Gasteiger partial charge >= 0.3 is 5.97 Å². The van der Waals surface area contributed by atoms with E-state index in [-0.39, 0.29) is 13.2 Å². The average Bonchev–Trinajstić information content (AvgIpc) is 2.77. The molecule has 1 fully saturated rings. The molecule has 1 heterocycles. The van der Waals surface area contributed by atoms with E-state index in [9.17, 15) is 9.90 Å². The number of esters is 1. The quantitative estimate of drug-likeness (QED) is 0.677. The maximum Gasteiger partial charge on any atom is 0.337 e. The van der Waals surface area contributed by atoms with Crippen LogP contribution in [0.2, 0.25) is 0 Å². The summed E-state index contributed by atoms with van der Waals surface area (Å²) < 4.78 is 27.8. The Kier molecular flexibility index (Phi) is 7.74. The second-order valence-electron chi connectivity index (χ2n) is 6.70. The van der Waals surface area contributed by atoms with Crippen molar-refractivity contribution in [2.75, 3.05) is 14.2 Å². The van der Waals surface area contributed by atoms with Crippen LogP contribution in [0.4, 0.5) is 0 Å². The molecular weight excluding hydrogens is 376 g/mol. The van der Waals surface area contributed by atoms with Gasteiger partial charge in [0.1, 0.15) is 18.3 Å². The Morgan fingerprint density at radius 1 is 0.897 bits per heavy atom. The zero-order valence-electron chi connectivity index (χ0n) is 16.5. The molecule has 5 atom stereocenters. The summed E-state index contributed by atoms with van der Waals surface area (Å²) in [4.78, 5) is 12.1. The van der Waals surface area contributed by atoms with Gasteiger partial charge in [0.2, 0.25) is 0 Å². The minimum Gasteiger partial charge on any atom is -0.467 e. The third-order valence-corrected chi connectivity index (χ3v) is 4.76. The Morgan fingerprint density at radius 3 is 1.90 bits per heavy atom. The molecule has 0 amide bonds. The third-order valence-electron chi connectivity index (χ3n) is 4.76. The van der Waals surface area contributed by atoms with E-state index in [4.69, 9.17) is 23.7 Å². The lowest BCUT2D eigenvalue weighted by atomic mass is 9.98. The first-order chi connectivity index (χ1) is 14.1. The van der Waals surface area contributed by atoms with Crippen LogP contribution in [0.1, 0.15) is 11.1 Å². The van der Waals surface area contributed by atoms with Crippen molar-refractivity contribution in [3.8, 4) is 0 Å². The van der Waals surface area contributed by atoms with Crippen molar-refractivity contribution < 1.29 is 33.6 Å². The predicted octanol–water partition coefficient (Wildman–Crippen LogP) is 2.06. The van der Waals surface area contributed by atoms with Crippen LogP contribution in [0, 0.1) is 0 Å². The van der Waals surface area contributed by atoms with Crippen LogP contribution in [-0.2, 0) is 41.7 Å². The molecular formula is C22H26O7. The summed E-state index contributed by atoms with van der Waals surface area (Å²) in [5.41, 5.74) is 1.88. The normalized spacial score (nSPS) is 26.8. The fourth-order valence-electron chi connectivity index (χ4n) is 3.22. The molecule has 156 valence electrons. The molecule has 0 spiro atoms. The number of rotatable bonds is 8. The highest BCUT2D eigenvalue weighted by atomic mass is 16.7. The molecule has 29 heavy (non-hydrogen) atoms. The molecule has 0 unspecified atom stereocenters. The lowest BCUT2D eigenvalue weighted by Gasteiger charge is -2.42. The molecule has 0 bridgehead atoms. The molecule has 1 N–H and O–H groups in total. The summed E-state index contributed by atoms with van der Waals surface area (Å²) in [6.07, 6.45) is -5.03. The summed E-state index contributed by atoms with van der Waals surface area (Å²) in [6.45, 7) is 0.508. The second kappa shape index (κ2) is 10.5. The lowest BCUT2D eigenvalue weighted by molar-refractivity contribution is -0.307. The van der Waals surface area contributed by atoms with Gasteiger partial charge in [-0.15, -0.1) is 0 Å². The van der Waals surface area contributed by atoms with E-state index in [0.29, 0.717) is 0 Å². The van der Waals surface area contributed by atoms with E-state index >= 15 is 0 Å². The standard InChI is InChI=1S/C22H26O7/c1-25-21(24)19-17(23)18(27-13-15-9-5-3-6-10-15)20(22(26-2)29-19)28-14-16-11-7-4-8-12-16/h3-12,17-20,22-23H,13-14H2,1-2H3/t17-,18-,19-,20-,22-/m0/s1. The van der Waals surface area contributed by atoms with Gasteiger partial charge in [-0.25, -0.2) is 4.79 Å². The first kappa shape index (κ1) is 21.4. The highest BCUT2D eigenvalue weighted by molar-refractivity contribution is 5.75. The minimum atomic E-state index is -1.28. The number of aliphatic hydroxyl groups is 1. The van der Waals surface area contributed by atoms with Crippen molar-refractivity contribution in [2.24, 2.45) is 0 Å². The molecule has 1 aliphatic rings. The minimum absolute atomic E-state index is 0.234. The van der Waals surface area contributed by atoms with Gasteiger partial charge in [-0.2, -0.15) is 0 Å². The fraction of sp³-hybridized carbons (Fsp3) is 0.409. The molecule has 2 aromatic rings. The number of methoxy groups -OCH3 is 2. The summed E-state index contributed by atoms with van der Waals surface area (Å²) >= 11 is 0. The Hall–Kier alpha value is -2.29. The summed E-state index contributed by atoms with van der Waals surface area (Å²) in [5.74, 6) is -0.700. The maximum atomic E-state index is 12.1. The Morgan fingerprint density at radius 2 is 1.41 bits per heavy atom. The molecule has 0 saturated carbocycles. The SMILES string of the molecule is COC(=O)[C@H]1O[C@H](OC)[C@@H](OCc2ccccc2)[C@@H](OCc2ccccc2)[C@@H]1O. The molecule has 0 aromatic heterocycles. The maximum absolute atomic E-state index is 12.1. The smallest absolute Gasteiger partial charge is 0.337 e. The molecule has 0 aliphatic carbocycles. The highest BCUT2D eigenvalue weighted by Gasteiger charge is 2.50. The van der Waals surface area contributed by atoms with Crippen LogP contribution < -0.4 is 0 Å². The van der Waals surface area contributed by atoms with E-state index in [2.05, 4.69) is 0 Å². The number of carbonyl (C=O) groups excluding carboxylic acids is 1. The van der Waals surface area contributed by atoms with Crippen LogP contribution in [0.5, 0.6) is 0 Å². The Labute approximate surface area is 170 Å². The number of aliphatic hydroxyl groups excluding tert-OH is 1. The van der Waals surface area contributed by atoms with Gasteiger partial charge in [0.05, 0.1) is 20.3 Å². The molecule has 7 heteroatoms. The van der Waals surface area contributed by atoms with Crippen molar-refractivity contribution in [1.82, 2.24) is 0 Å². The van der Waals surface area contributed by atoms with Crippen LogP contribution in [0.15, 0.2) is 60.7 Å². The average molecular weight is 402 g/mol. The molecule has 0 radical (unpaired) electrons. The predicted molar refractivity (Wildman–Crippen MR) is 104 cm³/mol. The van der Waals surface area contributed by atoms with E-state index in [1.165, 1.54) is 14.2 Å². The van der Waals surface area contributed by atoms with E-state index < -0.39 is 36.7 Å². The third kappa shape index (κ3) is 5.41. The van der Waals surface area contributed by atoms with Crippen molar-refractivity contribution >= 4 is 5.97 Å². The van der Waals surface area contributed by atoms with Gasteiger partial charge in [0.15, 0.2) is 12.4 Å². The van der Waals surface area contributed by atoms with Gasteiger partial charge in [-0.3, -0.25) is 0 Å². The first-order valence-electron chi connectivity index (χ1n) is 9.39.